The first-order chi connectivity index (χ1) is 9.67. The molecule has 2 nitrogen and oxygen atoms in total. The molecule has 0 bridgehead atoms. The van der Waals surface area contributed by atoms with Gasteiger partial charge in [-0.15, -0.1) is 0 Å². The number of alkyl halides is 3. The summed E-state index contributed by atoms with van der Waals surface area (Å²) in [4.78, 5) is 0. The largest absolute Gasteiger partial charge is 0.496 e. The molecule has 2 rings (SSSR count). The van der Waals surface area contributed by atoms with Crippen molar-refractivity contribution >= 4 is 0 Å². The van der Waals surface area contributed by atoms with E-state index in [1.165, 1.54) is 0 Å². The van der Waals surface area contributed by atoms with E-state index < -0.39 is 17.6 Å². The molecule has 1 aliphatic rings. The summed E-state index contributed by atoms with van der Waals surface area (Å²) < 4.78 is 43.8. The monoisotopic (exact) mass is 301 g/mol. The van der Waals surface area contributed by atoms with E-state index in [0.29, 0.717) is 18.6 Å². The van der Waals surface area contributed by atoms with Crippen LogP contribution in [0.3, 0.4) is 0 Å². The molecule has 0 heterocycles. The average molecular weight is 301 g/mol. The highest BCUT2D eigenvalue weighted by molar-refractivity contribution is 5.47. The minimum absolute atomic E-state index is 0.0798. The number of methoxy groups -OCH3 is 1. The first-order valence-corrected chi connectivity index (χ1v) is 7.18. The smallest absolute Gasteiger partial charge is 0.391 e. The number of hydrogen-bond acceptors (Lipinski definition) is 2. The number of halogens is 3. The number of aryl methyl sites for hydroxylation is 2. The lowest BCUT2D eigenvalue weighted by molar-refractivity contribution is -0.184. The SMILES string of the molecule is COc1cc(C)cc(C)c1C1(N)CCC(C(F)(F)F)CC1. The zero-order valence-electron chi connectivity index (χ0n) is 12.7. The van der Waals surface area contributed by atoms with E-state index in [1.54, 1.807) is 7.11 Å². The molecule has 2 N–H and O–H groups in total. The molecule has 1 fully saturated rings. The van der Waals surface area contributed by atoms with Crippen molar-refractivity contribution in [2.24, 2.45) is 11.7 Å². The maximum atomic E-state index is 12.8. The van der Waals surface area contributed by atoms with Crippen molar-refractivity contribution in [2.45, 2.75) is 51.2 Å². The van der Waals surface area contributed by atoms with E-state index in [1.807, 2.05) is 26.0 Å². The van der Waals surface area contributed by atoms with Crippen molar-refractivity contribution in [3.8, 4) is 5.75 Å². The summed E-state index contributed by atoms with van der Waals surface area (Å²) in [5, 5.41) is 0. The highest BCUT2D eigenvalue weighted by Crippen LogP contribution is 2.46. The van der Waals surface area contributed by atoms with Crippen molar-refractivity contribution in [3.05, 3.63) is 28.8 Å². The topological polar surface area (TPSA) is 35.2 Å². The molecule has 118 valence electrons. The lowest BCUT2D eigenvalue weighted by Gasteiger charge is -2.39. The third-order valence-electron chi connectivity index (χ3n) is 4.50. The molecule has 0 radical (unpaired) electrons. The molecule has 1 aromatic rings. The quantitative estimate of drug-likeness (QED) is 0.887. The number of hydrogen-bond donors (Lipinski definition) is 1. The third-order valence-corrected chi connectivity index (χ3v) is 4.50. The van der Waals surface area contributed by atoms with Crippen molar-refractivity contribution in [2.75, 3.05) is 7.11 Å². The Morgan fingerprint density at radius 2 is 1.76 bits per heavy atom. The Labute approximate surface area is 123 Å². The van der Waals surface area contributed by atoms with Crippen LogP contribution < -0.4 is 10.5 Å². The van der Waals surface area contributed by atoms with E-state index in [9.17, 15) is 13.2 Å². The molecule has 0 amide bonds. The van der Waals surface area contributed by atoms with E-state index in [4.69, 9.17) is 10.5 Å². The molecular formula is C16H22F3NO. The minimum Gasteiger partial charge on any atom is -0.496 e. The summed E-state index contributed by atoms with van der Waals surface area (Å²) in [6.45, 7) is 3.90. The number of rotatable bonds is 2. The summed E-state index contributed by atoms with van der Waals surface area (Å²) in [6, 6.07) is 3.90. The van der Waals surface area contributed by atoms with Crippen molar-refractivity contribution in [3.63, 3.8) is 0 Å². The summed E-state index contributed by atoms with van der Waals surface area (Å²) in [5.41, 5.74) is 8.63. The normalized spacial score (nSPS) is 26.7. The zero-order valence-corrected chi connectivity index (χ0v) is 12.7. The lowest BCUT2D eigenvalue weighted by Crippen LogP contribution is -2.43. The maximum absolute atomic E-state index is 12.8. The highest BCUT2D eigenvalue weighted by Gasteiger charge is 2.46. The predicted molar refractivity (Wildman–Crippen MR) is 76.3 cm³/mol. The van der Waals surface area contributed by atoms with Crippen LogP contribution in [-0.4, -0.2) is 13.3 Å². The zero-order chi connectivity index (χ0) is 15.8. The van der Waals surface area contributed by atoms with Gasteiger partial charge in [0.1, 0.15) is 5.75 Å². The molecule has 0 atom stereocenters. The van der Waals surface area contributed by atoms with E-state index in [0.717, 1.165) is 16.7 Å². The molecule has 0 unspecified atom stereocenters. The van der Waals surface area contributed by atoms with Gasteiger partial charge in [-0.1, -0.05) is 6.07 Å². The predicted octanol–water partition coefficient (Wildman–Crippen LogP) is 4.22. The van der Waals surface area contributed by atoms with Crippen LogP contribution in [0.15, 0.2) is 12.1 Å². The number of benzene rings is 1. The van der Waals surface area contributed by atoms with Crippen LogP contribution in [0.2, 0.25) is 0 Å². The second-order valence-electron chi connectivity index (χ2n) is 6.13. The molecule has 1 saturated carbocycles. The molecule has 5 heteroatoms. The van der Waals surface area contributed by atoms with Gasteiger partial charge in [-0.3, -0.25) is 0 Å². The Balaban J connectivity index is 2.31. The van der Waals surface area contributed by atoms with Gasteiger partial charge in [0, 0.05) is 11.1 Å². The number of nitrogens with two attached hydrogens (primary N) is 1. The Morgan fingerprint density at radius 1 is 1.19 bits per heavy atom. The average Bonchev–Trinajstić information content (AvgIpc) is 2.36. The van der Waals surface area contributed by atoms with Gasteiger partial charge in [0.25, 0.3) is 0 Å². The Kier molecular flexibility index (Phi) is 4.24. The van der Waals surface area contributed by atoms with Crippen LogP contribution in [0.25, 0.3) is 0 Å². The summed E-state index contributed by atoms with van der Waals surface area (Å²) >= 11 is 0. The van der Waals surface area contributed by atoms with E-state index in [-0.39, 0.29) is 12.8 Å². The van der Waals surface area contributed by atoms with Gasteiger partial charge in [0.15, 0.2) is 0 Å². The van der Waals surface area contributed by atoms with E-state index >= 15 is 0 Å². The van der Waals surface area contributed by atoms with Crippen LogP contribution >= 0.6 is 0 Å². The molecule has 0 saturated heterocycles. The number of ether oxygens (including phenoxy) is 1. The third kappa shape index (κ3) is 3.18. The van der Waals surface area contributed by atoms with Crippen molar-refractivity contribution in [1.29, 1.82) is 0 Å². The Bertz CT molecular complexity index is 517. The van der Waals surface area contributed by atoms with Gasteiger partial charge >= 0.3 is 6.18 Å². The van der Waals surface area contributed by atoms with Crippen molar-refractivity contribution in [1.82, 2.24) is 0 Å². The lowest BCUT2D eigenvalue weighted by atomic mass is 9.71. The molecule has 0 aliphatic heterocycles. The van der Waals surface area contributed by atoms with Crippen molar-refractivity contribution < 1.29 is 17.9 Å². The minimum atomic E-state index is -4.12. The van der Waals surface area contributed by atoms with Crippen LogP contribution in [0.4, 0.5) is 13.2 Å². The van der Waals surface area contributed by atoms with Gasteiger partial charge in [0.2, 0.25) is 0 Å². The molecule has 0 aromatic heterocycles. The van der Waals surface area contributed by atoms with Gasteiger partial charge in [-0.2, -0.15) is 13.2 Å². The van der Waals surface area contributed by atoms with Gasteiger partial charge in [-0.25, -0.2) is 0 Å². The van der Waals surface area contributed by atoms with Gasteiger partial charge in [0.05, 0.1) is 13.0 Å². The van der Waals surface area contributed by atoms with E-state index in [2.05, 4.69) is 0 Å². The second-order valence-corrected chi connectivity index (χ2v) is 6.13. The van der Waals surface area contributed by atoms with Gasteiger partial charge in [-0.05, 0) is 56.7 Å². The molecular weight excluding hydrogens is 279 g/mol. The Morgan fingerprint density at radius 3 is 2.24 bits per heavy atom. The van der Waals surface area contributed by atoms with Gasteiger partial charge < -0.3 is 10.5 Å². The summed E-state index contributed by atoms with van der Waals surface area (Å²) in [5.74, 6) is -0.550. The maximum Gasteiger partial charge on any atom is 0.391 e. The van der Waals surface area contributed by atoms with Crippen LogP contribution in [-0.2, 0) is 5.54 Å². The fourth-order valence-corrected chi connectivity index (χ4v) is 3.44. The molecule has 1 aromatic carbocycles. The standard InChI is InChI=1S/C16H22F3NO/c1-10-8-11(2)14(13(9-10)21-3)15(20)6-4-12(5-7-15)16(17,18)19/h8-9,12H,4-7,20H2,1-3H3. The highest BCUT2D eigenvalue weighted by atomic mass is 19.4. The fraction of sp³-hybridized carbons (Fsp3) is 0.625. The first-order valence-electron chi connectivity index (χ1n) is 7.18. The fourth-order valence-electron chi connectivity index (χ4n) is 3.44. The Hall–Kier alpha value is -1.23. The summed E-state index contributed by atoms with van der Waals surface area (Å²) in [7, 11) is 1.57. The molecule has 1 aliphatic carbocycles. The van der Waals surface area contributed by atoms with Crippen LogP contribution in [0, 0.1) is 19.8 Å². The van der Waals surface area contributed by atoms with Crippen LogP contribution in [0.1, 0.15) is 42.4 Å². The second kappa shape index (κ2) is 5.52. The molecule has 21 heavy (non-hydrogen) atoms. The molecule has 0 spiro atoms. The first kappa shape index (κ1) is 16.1. The summed E-state index contributed by atoms with van der Waals surface area (Å²) in [6.07, 6.45) is -3.30. The van der Waals surface area contributed by atoms with Crippen LogP contribution in [0.5, 0.6) is 5.75 Å².